The first-order valence-electron chi connectivity index (χ1n) is 10.0. The van der Waals surface area contributed by atoms with Gasteiger partial charge in [-0.05, 0) is 39.5 Å². The van der Waals surface area contributed by atoms with Crippen LogP contribution in [0, 0.1) is 19.8 Å². The Morgan fingerprint density at radius 3 is 2.80 bits per heavy atom. The third-order valence-corrected chi connectivity index (χ3v) is 7.54. The highest BCUT2D eigenvalue weighted by Crippen LogP contribution is 2.29. The van der Waals surface area contributed by atoms with Crippen molar-refractivity contribution >= 4 is 10.0 Å². The molecule has 11 heteroatoms. The van der Waals surface area contributed by atoms with E-state index in [9.17, 15) is 8.42 Å². The lowest BCUT2D eigenvalue weighted by Crippen LogP contribution is -2.40. The number of hydrogen-bond donors (Lipinski definition) is 0. The van der Waals surface area contributed by atoms with Gasteiger partial charge in [-0.25, -0.2) is 13.4 Å². The molecule has 0 N–H and O–H groups in total. The van der Waals surface area contributed by atoms with Gasteiger partial charge in [0.25, 0.3) is 0 Å². The summed E-state index contributed by atoms with van der Waals surface area (Å²) in [5.74, 6) is 0.966. The lowest BCUT2D eigenvalue weighted by Gasteiger charge is -2.31. The third-order valence-electron chi connectivity index (χ3n) is 5.42. The highest BCUT2D eigenvalue weighted by molar-refractivity contribution is 7.89. The summed E-state index contributed by atoms with van der Waals surface area (Å²) in [6.07, 6.45) is 6.93. The largest absolute Gasteiger partial charge is 0.339 e. The third kappa shape index (κ3) is 3.86. The fourth-order valence-corrected chi connectivity index (χ4v) is 5.93. The van der Waals surface area contributed by atoms with Crippen LogP contribution in [0.25, 0.3) is 11.5 Å². The fraction of sp³-hybridized carbons (Fsp3) is 0.526. The Kier molecular flexibility index (Phi) is 5.65. The molecule has 0 amide bonds. The lowest BCUT2D eigenvalue weighted by molar-refractivity contribution is 0.247. The van der Waals surface area contributed by atoms with Crippen LogP contribution in [0.4, 0.5) is 0 Å². The van der Waals surface area contributed by atoms with Gasteiger partial charge < -0.3 is 4.52 Å². The van der Waals surface area contributed by atoms with Crippen molar-refractivity contribution in [2.75, 3.05) is 13.1 Å². The highest BCUT2D eigenvalue weighted by atomic mass is 32.2. The van der Waals surface area contributed by atoms with Crippen LogP contribution in [0.1, 0.15) is 37.0 Å². The van der Waals surface area contributed by atoms with E-state index in [4.69, 9.17) is 4.52 Å². The molecule has 3 aromatic rings. The minimum absolute atomic E-state index is 0.102. The molecule has 4 heterocycles. The zero-order valence-corrected chi connectivity index (χ0v) is 18.1. The van der Waals surface area contributed by atoms with Gasteiger partial charge in [0.1, 0.15) is 10.6 Å². The van der Waals surface area contributed by atoms with Gasteiger partial charge in [-0.3, -0.25) is 9.67 Å². The van der Waals surface area contributed by atoms with Crippen LogP contribution in [-0.2, 0) is 23.0 Å². The van der Waals surface area contributed by atoms with Crippen LogP contribution in [0.15, 0.2) is 28.0 Å². The second kappa shape index (κ2) is 8.23. The zero-order valence-electron chi connectivity index (χ0n) is 17.3. The predicted molar refractivity (Wildman–Crippen MR) is 108 cm³/mol. The first-order chi connectivity index (χ1) is 14.4. The summed E-state index contributed by atoms with van der Waals surface area (Å²) in [7, 11) is -3.61. The van der Waals surface area contributed by atoms with Gasteiger partial charge in [0.15, 0.2) is 0 Å². The number of hydrogen-bond acceptors (Lipinski definition) is 8. The Morgan fingerprint density at radius 1 is 1.27 bits per heavy atom. The maximum atomic E-state index is 13.4. The highest BCUT2D eigenvalue weighted by Gasteiger charge is 2.34. The molecule has 0 spiro atoms. The van der Waals surface area contributed by atoms with Crippen molar-refractivity contribution in [2.45, 2.75) is 51.5 Å². The first-order valence-corrected chi connectivity index (χ1v) is 11.5. The van der Waals surface area contributed by atoms with Crippen LogP contribution in [0.5, 0.6) is 0 Å². The monoisotopic (exact) mass is 431 g/mol. The van der Waals surface area contributed by atoms with Gasteiger partial charge in [-0.2, -0.15) is 14.4 Å². The Hall–Kier alpha value is -2.66. The number of aromatic nitrogens is 6. The summed E-state index contributed by atoms with van der Waals surface area (Å²) in [5.41, 5.74) is 1.77. The van der Waals surface area contributed by atoms with Crippen LogP contribution in [-0.4, -0.2) is 55.7 Å². The number of piperidine rings is 1. The van der Waals surface area contributed by atoms with Crippen LogP contribution in [0.2, 0.25) is 0 Å². The molecule has 4 rings (SSSR count). The topological polar surface area (TPSA) is 120 Å². The normalized spacial score (nSPS) is 18.0. The number of rotatable bonds is 6. The summed E-state index contributed by atoms with van der Waals surface area (Å²) in [5, 5.41) is 8.35. The molecule has 1 unspecified atom stereocenters. The quantitative estimate of drug-likeness (QED) is 0.581. The zero-order chi connectivity index (χ0) is 21.3. The minimum atomic E-state index is -3.61. The van der Waals surface area contributed by atoms with Crippen molar-refractivity contribution in [1.82, 2.24) is 34.2 Å². The van der Waals surface area contributed by atoms with Crippen molar-refractivity contribution in [2.24, 2.45) is 5.92 Å². The number of sulfonamides is 1. The van der Waals surface area contributed by atoms with E-state index in [1.165, 1.54) is 0 Å². The summed E-state index contributed by atoms with van der Waals surface area (Å²) >= 11 is 0. The maximum absolute atomic E-state index is 13.4. The summed E-state index contributed by atoms with van der Waals surface area (Å²) in [4.78, 5) is 12.9. The molecule has 3 aromatic heterocycles. The van der Waals surface area contributed by atoms with E-state index >= 15 is 0 Å². The molecule has 1 aliphatic heterocycles. The van der Waals surface area contributed by atoms with E-state index < -0.39 is 10.0 Å². The molecule has 1 saturated heterocycles. The molecule has 10 nitrogen and oxygen atoms in total. The van der Waals surface area contributed by atoms with Crippen LogP contribution >= 0.6 is 0 Å². The van der Waals surface area contributed by atoms with Crippen LogP contribution < -0.4 is 0 Å². The molecule has 1 atom stereocenters. The fourth-order valence-electron chi connectivity index (χ4n) is 4.01. The SMILES string of the molecule is CCn1nc(C)c(S(=O)(=O)N2CCCC(Cc3nc(-c4cnccn4)no3)C2)c1C. The molecule has 1 fully saturated rings. The van der Waals surface area contributed by atoms with E-state index in [1.807, 2.05) is 13.8 Å². The maximum Gasteiger partial charge on any atom is 0.246 e. The van der Waals surface area contributed by atoms with Crippen molar-refractivity contribution in [3.63, 3.8) is 0 Å². The molecule has 1 aliphatic rings. The molecular weight excluding hydrogens is 406 g/mol. The van der Waals surface area contributed by atoms with Gasteiger partial charge in [0, 0.05) is 38.4 Å². The standard InChI is InChI=1S/C19H25N7O3S/c1-4-26-14(3)18(13(2)23-26)30(27,28)25-9-5-6-15(12-25)10-17-22-19(24-29-17)16-11-20-7-8-21-16/h7-8,11,15H,4-6,9-10,12H2,1-3H3. The van der Waals surface area contributed by atoms with E-state index in [0.717, 1.165) is 12.8 Å². The minimum Gasteiger partial charge on any atom is -0.339 e. The predicted octanol–water partition coefficient (Wildman–Crippen LogP) is 2.00. The second-order valence-electron chi connectivity index (χ2n) is 7.49. The Balaban J connectivity index is 1.50. The smallest absolute Gasteiger partial charge is 0.246 e. The molecule has 0 radical (unpaired) electrons. The van der Waals surface area contributed by atoms with Crippen molar-refractivity contribution in [3.05, 3.63) is 35.9 Å². The van der Waals surface area contributed by atoms with Gasteiger partial charge in [-0.1, -0.05) is 5.16 Å². The molecule has 30 heavy (non-hydrogen) atoms. The molecule has 0 saturated carbocycles. The average Bonchev–Trinajstić information content (AvgIpc) is 3.32. The molecule has 0 aromatic carbocycles. The van der Waals surface area contributed by atoms with Gasteiger partial charge in [-0.15, -0.1) is 0 Å². The Bertz CT molecular complexity index is 1120. The van der Waals surface area contributed by atoms with Crippen molar-refractivity contribution < 1.29 is 12.9 Å². The lowest BCUT2D eigenvalue weighted by atomic mass is 9.96. The molecule has 0 bridgehead atoms. The Labute approximate surface area is 175 Å². The molecular formula is C19H25N7O3S. The number of aryl methyl sites for hydroxylation is 2. The summed E-state index contributed by atoms with van der Waals surface area (Å²) < 4.78 is 35.4. The van der Waals surface area contributed by atoms with Gasteiger partial charge in [0.2, 0.25) is 21.7 Å². The number of nitrogens with zero attached hydrogens (tertiary/aromatic N) is 7. The van der Waals surface area contributed by atoms with Crippen LogP contribution in [0.3, 0.4) is 0 Å². The average molecular weight is 432 g/mol. The van der Waals surface area contributed by atoms with E-state index in [2.05, 4.69) is 25.2 Å². The van der Waals surface area contributed by atoms with E-state index in [0.29, 0.717) is 59.7 Å². The van der Waals surface area contributed by atoms with Crippen molar-refractivity contribution in [3.8, 4) is 11.5 Å². The summed E-state index contributed by atoms with van der Waals surface area (Å²) in [6.45, 7) is 7.07. The first kappa shape index (κ1) is 20.6. The molecule has 0 aliphatic carbocycles. The van der Waals surface area contributed by atoms with Crippen molar-refractivity contribution in [1.29, 1.82) is 0 Å². The van der Waals surface area contributed by atoms with E-state index in [-0.39, 0.29) is 5.92 Å². The molecule has 160 valence electrons. The van der Waals surface area contributed by atoms with E-state index in [1.54, 1.807) is 34.5 Å². The Morgan fingerprint density at radius 2 is 2.10 bits per heavy atom. The van der Waals surface area contributed by atoms with Gasteiger partial charge >= 0.3 is 0 Å². The second-order valence-corrected chi connectivity index (χ2v) is 9.37. The van der Waals surface area contributed by atoms with Gasteiger partial charge in [0.05, 0.1) is 17.6 Å². The summed E-state index contributed by atoms with van der Waals surface area (Å²) in [6, 6.07) is 0.